The van der Waals surface area contributed by atoms with Gasteiger partial charge in [0.25, 0.3) is 0 Å². The number of pyridine rings is 1. The zero-order valence-electron chi connectivity index (χ0n) is 12.3. The number of hydrogen-bond acceptors (Lipinski definition) is 4. The predicted molar refractivity (Wildman–Crippen MR) is 80.2 cm³/mol. The molecule has 1 unspecified atom stereocenters. The van der Waals surface area contributed by atoms with Crippen molar-refractivity contribution in [3.8, 4) is 6.07 Å². The Labute approximate surface area is 121 Å². The Hall–Kier alpha value is -1.44. The van der Waals surface area contributed by atoms with E-state index < -0.39 is 0 Å². The second-order valence-electron chi connectivity index (χ2n) is 5.50. The van der Waals surface area contributed by atoms with Crippen LogP contribution in [0.4, 0.5) is 0 Å². The molecule has 0 spiro atoms. The zero-order valence-corrected chi connectivity index (χ0v) is 12.3. The third-order valence-corrected chi connectivity index (χ3v) is 3.86. The van der Waals surface area contributed by atoms with Gasteiger partial charge < -0.3 is 5.32 Å². The summed E-state index contributed by atoms with van der Waals surface area (Å²) in [6.07, 6.45) is 6.64. The first-order chi connectivity index (χ1) is 9.83. The van der Waals surface area contributed by atoms with Crippen molar-refractivity contribution < 1.29 is 0 Å². The van der Waals surface area contributed by atoms with Gasteiger partial charge in [-0.1, -0.05) is 19.4 Å². The van der Waals surface area contributed by atoms with E-state index >= 15 is 0 Å². The van der Waals surface area contributed by atoms with Gasteiger partial charge >= 0.3 is 0 Å². The molecule has 1 atom stereocenters. The van der Waals surface area contributed by atoms with E-state index in [0.717, 1.165) is 31.7 Å². The summed E-state index contributed by atoms with van der Waals surface area (Å²) in [4.78, 5) is 6.62. The molecule has 0 aliphatic carbocycles. The van der Waals surface area contributed by atoms with Crippen molar-refractivity contribution in [1.82, 2.24) is 15.2 Å². The van der Waals surface area contributed by atoms with E-state index in [9.17, 15) is 0 Å². The van der Waals surface area contributed by atoms with Crippen LogP contribution in [0.25, 0.3) is 0 Å². The number of nitrogens with one attached hydrogen (secondary N) is 1. The molecule has 1 saturated heterocycles. The molecule has 20 heavy (non-hydrogen) atoms. The molecule has 2 rings (SSSR count). The number of nitriles is 1. The Kier molecular flexibility index (Phi) is 5.97. The molecule has 108 valence electrons. The van der Waals surface area contributed by atoms with Gasteiger partial charge in [-0.2, -0.15) is 5.26 Å². The Morgan fingerprint density at radius 3 is 3.15 bits per heavy atom. The summed E-state index contributed by atoms with van der Waals surface area (Å²) in [5.74, 6) is 0. The minimum atomic E-state index is 0.563. The number of hydrogen-bond donors (Lipinski definition) is 1. The third-order valence-electron chi connectivity index (χ3n) is 3.86. The first-order valence-corrected chi connectivity index (χ1v) is 7.63. The van der Waals surface area contributed by atoms with Gasteiger partial charge in [-0.05, 0) is 38.4 Å². The maximum absolute atomic E-state index is 9.15. The summed E-state index contributed by atoms with van der Waals surface area (Å²) in [5.41, 5.74) is 1.61. The Morgan fingerprint density at radius 2 is 2.45 bits per heavy atom. The first-order valence-electron chi connectivity index (χ1n) is 7.63. The van der Waals surface area contributed by atoms with Gasteiger partial charge in [0.1, 0.15) is 11.8 Å². The van der Waals surface area contributed by atoms with Gasteiger partial charge in [-0.25, -0.2) is 4.98 Å². The highest BCUT2D eigenvalue weighted by Gasteiger charge is 2.18. The van der Waals surface area contributed by atoms with E-state index in [0.29, 0.717) is 11.7 Å². The molecule has 1 aromatic rings. The van der Waals surface area contributed by atoms with Crippen LogP contribution in [0.15, 0.2) is 18.3 Å². The average Bonchev–Trinajstić information content (AvgIpc) is 2.98. The topological polar surface area (TPSA) is 52.0 Å². The van der Waals surface area contributed by atoms with Gasteiger partial charge in [-0.3, -0.25) is 4.90 Å². The maximum Gasteiger partial charge on any atom is 0.144 e. The highest BCUT2D eigenvalue weighted by Crippen LogP contribution is 2.13. The number of rotatable bonds is 7. The van der Waals surface area contributed by atoms with Crippen molar-refractivity contribution in [1.29, 1.82) is 5.26 Å². The fraction of sp³-hybridized carbons (Fsp3) is 0.625. The molecule has 1 N–H and O–H groups in total. The maximum atomic E-state index is 9.15. The number of aromatic nitrogens is 1. The lowest BCUT2D eigenvalue weighted by Gasteiger charge is -2.25. The van der Waals surface area contributed by atoms with E-state index in [4.69, 9.17) is 5.26 Å². The normalized spacial score (nSPS) is 18.4. The van der Waals surface area contributed by atoms with Gasteiger partial charge in [0.05, 0.1) is 0 Å². The second-order valence-corrected chi connectivity index (χ2v) is 5.50. The van der Waals surface area contributed by atoms with Crippen molar-refractivity contribution in [2.24, 2.45) is 0 Å². The largest absolute Gasteiger partial charge is 0.313 e. The van der Waals surface area contributed by atoms with E-state index in [1.807, 2.05) is 12.1 Å². The van der Waals surface area contributed by atoms with Crippen molar-refractivity contribution in [2.45, 2.75) is 45.2 Å². The fourth-order valence-electron chi connectivity index (χ4n) is 2.75. The molecule has 0 aromatic carbocycles. The molecule has 0 saturated carbocycles. The van der Waals surface area contributed by atoms with Crippen LogP contribution < -0.4 is 5.32 Å². The summed E-state index contributed by atoms with van der Waals surface area (Å²) < 4.78 is 0. The smallest absolute Gasteiger partial charge is 0.144 e. The van der Waals surface area contributed by atoms with E-state index in [1.54, 1.807) is 6.20 Å². The minimum absolute atomic E-state index is 0.563. The molecule has 4 heteroatoms. The van der Waals surface area contributed by atoms with Gasteiger partial charge in [0.2, 0.25) is 0 Å². The molecule has 2 heterocycles. The summed E-state index contributed by atoms with van der Waals surface area (Å²) in [7, 11) is 0. The molecule has 1 aliphatic rings. The third kappa shape index (κ3) is 4.29. The van der Waals surface area contributed by atoms with Crippen molar-refractivity contribution in [3.05, 3.63) is 29.6 Å². The summed E-state index contributed by atoms with van der Waals surface area (Å²) >= 11 is 0. The Bertz CT molecular complexity index is 446. The summed E-state index contributed by atoms with van der Waals surface area (Å²) in [6, 6.07) is 6.74. The molecular formula is C16H24N4. The van der Waals surface area contributed by atoms with E-state index in [2.05, 4.69) is 28.2 Å². The summed E-state index contributed by atoms with van der Waals surface area (Å²) in [5, 5.41) is 12.7. The molecule has 0 radical (unpaired) electrons. The van der Waals surface area contributed by atoms with Crippen LogP contribution in [-0.4, -0.2) is 35.6 Å². The minimum Gasteiger partial charge on any atom is -0.313 e. The second kappa shape index (κ2) is 7.98. The van der Waals surface area contributed by atoms with Crippen molar-refractivity contribution >= 4 is 0 Å². The van der Waals surface area contributed by atoms with Crippen LogP contribution in [0.3, 0.4) is 0 Å². The molecule has 0 amide bonds. The lowest BCUT2D eigenvalue weighted by atomic mass is 10.1. The molecule has 1 aliphatic heterocycles. The first kappa shape index (κ1) is 15.0. The molecular weight excluding hydrogens is 248 g/mol. The fourth-order valence-corrected chi connectivity index (χ4v) is 2.75. The highest BCUT2D eigenvalue weighted by molar-refractivity contribution is 5.30. The lowest BCUT2D eigenvalue weighted by Crippen LogP contribution is -2.37. The molecule has 1 fully saturated rings. The van der Waals surface area contributed by atoms with E-state index in [-0.39, 0.29) is 0 Å². The zero-order chi connectivity index (χ0) is 14.2. The molecule has 4 nitrogen and oxygen atoms in total. The van der Waals surface area contributed by atoms with Gasteiger partial charge in [0.15, 0.2) is 0 Å². The van der Waals surface area contributed by atoms with Crippen LogP contribution >= 0.6 is 0 Å². The summed E-state index contributed by atoms with van der Waals surface area (Å²) in [6.45, 7) is 6.35. The standard InChI is InChI=1S/C16H24N4/c1-2-3-10-20(13-15-7-5-8-18-15)12-14-6-4-9-19-16(14)11-17/h4,6,9,15,18H,2-3,5,7-8,10,12-13H2,1H3. The molecule has 1 aromatic heterocycles. The Morgan fingerprint density at radius 1 is 1.55 bits per heavy atom. The van der Waals surface area contributed by atoms with Crippen LogP contribution in [0.2, 0.25) is 0 Å². The lowest BCUT2D eigenvalue weighted by molar-refractivity contribution is 0.237. The quantitative estimate of drug-likeness (QED) is 0.827. The van der Waals surface area contributed by atoms with Crippen LogP contribution in [0.1, 0.15) is 43.9 Å². The monoisotopic (exact) mass is 272 g/mol. The number of nitrogens with zero attached hydrogens (tertiary/aromatic N) is 3. The SMILES string of the molecule is CCCCN(Cc1cccnc1C#N)CC1CCCN1. The van der Waals surface area contributed by atoms with Crippen LogP contribution in [-0.2, 0) is 6.54 Å². The molecule has 0 bridgehead atoms. The Balaban J connectivity index is 2.00. The van der Waals surface area contributed by atoms with Crippen molar-refractivity contribution in [2.75, 3.05) is 19.6 Å². The van der Waals surface area contributed by atoms with Gasteiger partial charge in [-0.15, -0.1) is 0 Å². The van der Waals surface area contributed by atoms with Gasteiger partial charge in [0, 0.05) is 30.9 Å². The number of unbranched alkanes of at least 4 members (excludes halogenated alkanes) is 1. The van der Waals surface area contributed by atoms with Crippen LogP contribution in [0, 0.1) is 11.3 Å². The predicted octanol–water partition coefficient (Wildman–Crippen LogP) is 2.31. The van der Waals surface area contributed by atoms with Crippen LogP contribution in [0.5, 0.6) is 0 Å². The average molecular weight is 272 g/mol. The van der Waals surface area contributed by atoms with E-state index in [1.165, 1.54) is 25.7 Å². The highest BCUT2D eigenvalue weighted by atomic mass is 15.2. The van der Waals surface area contributed by atoms with Crippen molar-refractivity contribution in [3.63, 3.8) is 0 Å².